The summed E-state index contributed by atoms with van der Waals surface area (Å²) < 4.78 is 1.46. The van der Waals surface area contributed by atoms with E-state index in [0.29, 0.717) is 27.8 Å². The van der Waals surface area contributed by atoms with Crippen molar-refractivity contribution in [3.8, 4) is 5.69 Å². The molecule has 0 aliphatic rings. The first-order chi connectivity index (χ1) is 13.8. The van der Waals surface area contributed by atoms with Gasteiger partial charge in [0.15, 0.2) is 0 Å². The highest BCUT2D eigenvalue weighted by molar-refractivity contribution is 6.36. The summed E-state index contributed by atoms with van der Waals surface area (Å²) in [5.41, 5.74) is 4.50. The summed E-state index contributed by atoms with van der Waals surface area (Å²) in [4.78, 5) is 22.8. The number of halogens is 2. The Balaban J connectivity index is 1.83. The van der Waals surface area contributed by atoms with Gasteiger partial charge in [-0.2, -0.15) is 5.10 Å². The highest BCUT2D eigenvalue weighted by Gasteiger charge is 2.16. The van der Waals surface area contributed by atoms with Crippen LogP contribution in [0.3, 0.4) is 0 Å². The molecule has 1 aromatic heterocycles. The standard InChI is InChI=1S/C18H14Cl2N6O3/c1-10(21-23-18(27)15-7-6-12(19)8-16(15)20)17-11(2)25(24-22-17)13-4-3-5-14(9-13)26(28)29/h3-9H,1-2H3,(H,23,27). The van der Waals surface area contributed by atoms with Gasteiger partial charge in [0, 0.05) is 17.2 Å². The van der Waals surface area contributed by atoms with E-state index in [4.69, 9.17) is 23.2 Å². The third-order valence-corrected chi connectivity index (χ3v) is 4.57. The summed E-state index contributed by atoms with van der Waals surface area (Å²) in [6.45, 7) is 3.39. The van der Waals surface area contributed by atoms with Crippen molar-refractivity contribution in [2.45, 2.75) is 13.8 Å². The van der Waals surface area contributed by atoms with E-state index in [1.54, 1.807) is 32.0 Å². The van der Waals surface area contributed by atoms with Crippen LogP contribution in [0.2, 0.25) is 10.0 Å². The number of benzene rings is 2. The molecule has 0 fully saturated rings. The lowest BCUT2D eigenvalue weighted by atomic mass is 10.2. The number of nitro groups is 1. The Bertz CT molecular complexity index is 1140. The molecule has 11 heteroatoms. The van der Waals surface area contributed by atoms with Crippen molar-refractivity contribution in [1.29, 1.82) is 0 Å². The molecule has 0 radical (unpaired) electrons. The molecule has 0 aliphatic heterocycles. The van der Waals surface area contributed by atoms with E-state index >= 15 is 0 Å². The van der Waals surface area contributed by atoms with Gasteiger partial charge in [-0.3, -0.25) is 14.9 Å². The van der Waals surface area contributed by atoms with Crippen LogP contribution in [0.5, 0.6) is 0 Å². The first-order valence-corrected chi connectivity index (χ1v) is 9.00. The number of hydrazone groups is 1. The Labute approximate surface area is 175 Å². The number of hydrogen-bond donors (Lipinski definition) is 1. The SMILES string of the molecule is CC(=NNC(=O)c1ccc(Cl)cc1Cl)c1nnn(-c2cccc([N+](=O)[O-])c2)c1C. The van der Waals surface area contributed by atoms with Crippen LogP contribution >= 0.6 is 23.2 Å². The van der Waals surface area contributed by atoms with Crippen molar-refractivity contribution in [3.05, 3.63) is 79.6 Å². The first-order valence-electron chi connectivity index (χ1n) is 8.25. The van der Waals surface area contributed by atoms with Gasteiger partial charge < -0.3 is 0 Å². The third-order valence-electron chi connectivity index (χ3n) is 4.02. The minimum Gasteiger partial charge on any atom is -0.267 e. The quantitative estimate of drug-likeness (QED) is 0.372. The molecule has 1 heterocycles. The Kier molecular flexibility index (Phi) is 5.90. The molecule has 9 nitrogen and oxygen atoms in total. The summed E-state index contributed by atoms with van der Waals surface area (Å²) in [6, 6.07) is 10.5. The predicted molar refractivity (Wildman–Crippen MR) is 109 cm³/mol. The molecule has 0 aliphatic carbocycles. The molecule has 0 spiro atoms. The number of carbonyl (C=O) groups is 1. The number of hydrogen-bond acceptors (Lipinski definition) is 6. The van der Waals surface area contributed by atoms with E-state index in [-0.39, 0.29) is 16.3 Å². The van der Waals surface area contributed by atoms with Gasteiger partial charge in [0.1, 0.15) is 5.69 Å². The summed E-state index contributed by atoms with van der Waals surface area (Å²) in [5.74, 6) is -0.505. The molecule has 0 bridgehead atoms. The lowest BCUT2D eigenvalue weighted by molar-refractivity contribution is -0.384. The van der Waals surface area contributed by atoms with Gasteiger partial charge in [0.25, 0.3) is 11.6 Å². The average molecular weight is 433 g/mol. The molecule has 3 aromatic rings. The summed E-state index contributed by atoms with van der Waals surface area (Å²) in [6.07, 6.45) is 0. The number of carbonyl (C=O) groups excluding carboxylic acids is 1. The van der Waals surface area contributed by atoms with E-state index in [2.05, 4.69) is 20.8 Å². The maximum absolute atomic E-state index is 12.3. The van der Waals surface area contributed by atoms with Crippen LogP contribution in [0, 0.1) is 17.0 Å². The molecular weight excluding hydrogens is 419 g/mol. The van der Waals surface area contributed by atoms with Crippen LogP contribution in [-0.4, -0.2) is 31.5 Å². The van der Waals surface area contributed by atoms with E-state index in [1.807, 2.05) is 0 Å². The lowest BCUT2D eigenvalue weighted by Gasteiger charge is -2.05. The van der Waals surface area contributed by atoms with Crippen molar-refractivity contribution in [2.24, 2.45) is 5.10 Å². The first kappa shape index (κ1) is 20.4. The second-order valence-corrected chi connectivity index (χ2v) is 6.82. The molecule has 0 atom stereocenters. The zero-order valence-corrected chi connectivity index (χ0v) is 16.8. The second-order valence-electron chi connectivity index (χ2n) is 5.97. The van der Waals surface area contributed by atoms with E-state index in [0.717, 1.165) is 0 Å². The number of nitrogens with zero attached hydrogens (tertiary/aromatic N) is 5. The Morgan fingerprint density at radius 3 is 2.69 bits per heavy atom. The zero-order valence-electron chi connectivity index (χ0n) is 15.3. The van der Waals surface area contributed by atoms with E-state index in [9.17, 15) is 14.9 Å². The number of amides is 1. The Hall–Kier alpha value is -3.30. The lowest BCUT2D eigenvalue weighted by Crippen LogP contribution is -2.20. The van der Waals surface area contributed by atoms with Crippen LogP contribution in [-0.2, 0) is 0 Å². The molecule has 3 rings (SSSR count). The van der Waals surface area contributed by atoms with Gasteiger partial charge in [0.2, 0.25) is 0 Å². The summed E-state index contributed by atoms with van der Waals surface area (Å²) in [7, 11) is 0. The van der Waals surface area contributed by atoms with Gasteiger partial charge in [-0.25, -0.2) is 10.1 Å². The largest absolute Gasteiger partial charge is 0.272 e. The van der Waals surface area contributed by atoms with Crippen molar-refractivity contribution >= 4 is 40.5 Å². The second kappa shape index (κ2) is 8.38. The molecular formula is C18H14Cl2N6O3. The minimum atomic E-state index is -0.505. The van der Waals surface area contributed by atoms with E-state index in [1.165, 1.54) is 28.9 Å². The number of rotatable bonds is 5. The molecule has 0 saturated carbocycles. The molecule has 1 amide bonds. The summed E-state index contributed by atoms with van der Waals surface area (Å²) >= 11 is 11.8. The fourth-order valence-corrected chi connectivity index (χ4v) is 3.06. The maximum Gasteiger partial charge on any atom is 0.272 e. The number of nitrogens with one attached hydrogen (secondary N) is 1. The monoisotopic (exact) mass is 432 g/mol. The third kappa shape index (κ3) is 4.41. The Morgan fingerprint density at radius 2 is 2.00 bits per heavy atom. The number of aromatic nitrogens is 3. The fraction of sp³-hybridized carbons (Fsp3) is 0.111. The number of non-ortho nitro benzene ring substituents is 1. The van der Waals surface area contributed by atoms with Crippen LogP contribution in [0.4, 0.5) is 5.69 Å². The van der Waals surface area contributed by atoms with Gasteiger partial charge in [-0.1, -0.05) is 34.5 Å². The van der Waals surface area contributed by atoms with Crippen molar-refractivity contribution in [1.82, 2.24) is 20.4 Å². The van der Waals surface area contributed by atoms with Crippen LogP contribution in [0.25, 0.3) is 5.69 Å². The fourth-order valence-electron chi connectivity index (χ4n) is 2.57. The number of nitro benzene ring substituents is 1. The van der Waals surface area contributed by atoms with Crippen LogP contribution in [0.1, 0.15) is 28.7 Å². The Morgan fingerprint density at radius 1 is 1.24 bits per heavy atom. The minimum absolute atomic E-state index is 0.0588. The topological polar surface area (TPSA) is 115 Å². The smallest absolute Gasteiger partial charge is 0.267 e. The molecule has 29 heavy (non-hydrogen) atoms. The van der Waals surface area contributed by atoms with E-state index < -0.39 is 10.8 Å². The van der Waals surface area contributed by atoms with Gasteiger partial charge >= 0.3 is 0 Å². The van der Waals surface area contributed by atoms with Crippen molar-refractivity contribution in [2.75, 3.05) is 0 Å². The zero-order chi connectivity index (χ0) is 21.1. The van der Waals surface area contributed by atoms with Crippen LogP contribution in [0.15, 0.2) is 47.6 Å². The molecule has 0 unspecified atom stereocenters. The molecule has 1 N–H and O–H groups in total. The molecule has 0 saturated heterocycles. The molecule has 148 valence electrons. The average Bonchev–Trinajstić information content (AvgIpc) is 3.07. The molecule has 2 aromatic carbocycles. The van der Waals surface area contributed by atoms with Gasteiger partial charge in [-0.05, 0) is 38.1 Å². The normalized spacial score (nSPS) is 11.4. The van der Waals surface area contributed by atoms with Gasteiger partial charge in [-0.15, -0.1) is 5.10 Å². The highest BCUT2D eigenvalue weighted by Crippen LogP contribution is 2.21. The van der Waals surface area contributed by atoms with Crippen LogP contribution < -0.4 is 5.43 Å². The van der Waals surface area contributed by atoms with Gasteiger partial charge in [0.05, 0.1) is 32.6 Å². The van der Waals surface area contributed by atoms with Crippen molar-refractivity contribution < 1.29 is 9.72 Å². The predicted octanol–water partition coefficient (Wildman–Crippen LogP) is 3.94. The summed E-state index contributed by atoms with van der Waals surface area (Å²) in [5, 5.41) is 23.7. The maximum atomic E-state index is 12.3. The highest BCUT2D eigenvalue weighted by atomic mass is 35.5. The van der Waals surface area contributed by atoms with Crippen molar-refractivity contribution in [3.63, 3.8) is 0 Å².